The topological polar surface area (TPSA) is 102 Å². The van der Waals surface area contributed by atoms with Crippen molar-refractivity contribution in [2.45, 2.75) is 38.4 Å². The Labute approximate surface area is 152 Å². The van der Waals surface area contributed by atoms with Crippen LogP contribution in [0.1, 0.15) is 20.8 Å². The number of carboxylic acids is 2. The second-order valence-corrected chi connectivity index (χ2v) is 6.35. The van der Waals surface area contributed by atoms with Gasteiger partial charge in [0.2, 0.25) is 0 Å². The van der Waals surface area contributed by atoms with Gasteiger partial charge in [-0.05, 0) is 19.1 Å². The number of hydrogen-bond acceptors (Lipinski definition) is 5. The van der Waals surface area contributed by atoms with Gasteiger partial charge in [0.15, 0.2) is 0 Å². The fraction of sp³-hybridized carbons (Fsp3) is 0.316. The number of benzene rings is 1. The lowest BCUT2D eigenvalue weighted by Gasteiger charge is -2.47. The number of aliphatic carboxylic acids is 2. The second kappa shape index (κ2) is 7.97. The largest absolute Gasteiger partial charge is 0.478 e. The smallest absolute Gasteiger partial charge is 0.334 e. The molecule has 1 aliphatic rings. The second-order valence-electron chi connectivity index (χ2n) is 6.35. The molecule has 2 unspecified atom stereocenters. The van der Waals surface area contributed by atoms with Crippen LogP contribution < -0.4 is 10.2 Å². The summed E-state index contributed by atoms with van der Waals surface area (Å²) in [5.74, 6) is -2.64. The van der Waals surface area contributed by atoms with E-state index < -0.39 is 23.5 Å². The number of hydrogen-bond donors (Lipinski definition) is 3. The predicted molar refractivity (Wildman–Crippen MR) is 100 cm³/mol. The standard InChI is InChI=1S/C19H23N3O4/c1-13(2)21-14(3)19(16(18(25)26)11-17(23)24)12-20-9-10-22(19)15-7-5-4-6-8-15/h4-14,21H,1-3H3,(H,23,24)(H,25,26). The van der Waals surface area contributed by atoms with E-state index in [2.05, 4.69) is 10.3 Å². The van der Waals surface area contributed by atoms with Gasteiger partial charge in [0.1, 0.15) is 5.54 Å². The number of aliphatic imine (C=N–C) groups is 1. The molecule has 1 aliphatic heterocycles. The lowest BCUT2D eigenvalue weighted by atomic mass is 9.80. The Morgan fingerprint density at radius 1 is 1.19 bits per heavy atom. The van der Waals surface area contributed by atoms with Crippen molar-refractivity contribution in [3.05, 3.63) is 54.4 Å². The molecule has 7 heteroatoms. The average molecular weight is 357 g/mol. The van der Waals surface area contributed by atoms with E-state index >= 15 is 0 Å². The van der Waals surface area contributed by atoms with Crippen molar-refractivity contribution in [1.29, 1.82) is 0 Å². The van der Waals surface area contributed by atoms with E-state index in [4.69, 9.17) is 0 Å². The Hall–Kier alpha value is -2.93. The van der Waals surface area contributed by atoms with Crippen molar-refractivity contribution in [2.24, 2.45) is 4.99 Å². The minimum absolute atomic E-state index is 0.0543. The molecule has 0 radical (unpaired) electrons. The van der Waals surface area contributed by atoms with Gasteiger partial charge >= 0.3 is 11.9 Å². The van der Waals surface area contributed by atoms with E-state index in [1.807, 2.05) is 51.1 Å². The Balaban J connectivity index is 2.73. The van der Waals surface area contributed by atoms with Crippen LogP contribution >= 0.6 is 0 Å². The maximum Gasteiger partial charge on any atom is 0.334 e. The van der Waals surface area contributed by atoms with Crippen molar-refractivity contribution in [3.63, 3.8) is 0 Å². The molecule has 0 saturated heterocycles. The third kappa shape index (κ3) is 3.83. The van der Waals surface area contributed by atoms with Crippen molar-refractivity contribution in [1.82, 2.24) is 5.32 Å². The van der Waals surface area contributed by atoms with Crippen LogP contribution in [0.4, 0.5) is 5.69 Å². The zero-order valence-corrected chi connectivity index (χ0v) is 15.0. The third-order valence-electron chi connectivity index (χ3n) is 4.18. The van der Waals surface area contributed by atoms with E-state index in [1.165, 1.54) is 6.21 Å². The molecule has 0 amide bonds. The van der Waals surface area contributed by atoms with Crippen LogP contribution in [0.2, 0.25) is 0 Å². The number of rotatable bonds is 7. The summed E-state index contributed by atoms with van der Waals surface area (Å²) in [6, 6.07) is 8.80. The van der Waals surface area contributed by atoms with Gasteiger partial charge in [-0.2, -0.15) is 0 Å². The minimum atomic E-state index is -1.32. The van der Waals surface area contributed by atoms with Gasteiger partial charge in [-0.3, -0.25) is 4.99 Å². The summed E-state index contributed by atoms with van der Waals surface area (Å²) in [7, 11) is 0. The SMILES string of the molecule is CC(C)NC(C)C1(C(=CC(=O)O)C(=O)O)C=NC=CN1c1ccccc1. The van der Waals surface area contributed by atoms with Crippen LogP contribution in [0.15, 0.2) is 59.4 Å². The average Bonchev–Trinajstić information content (AvgIpc) is 2.59. The van der Waals surface area contributed by atoms with E-state index in [0.717, 1.165) is 11.8 Å². The van der Waals surface area contributed by atoms with Crippen LogP contribution in [0.5, 0.6) is 0 Å². The molecule has 2 rings (SSSR count). The van der Waals surface area contributed by atoms with Crippen molar-refractivity contribution < 1.29 is 19.8 Å². The van der Waals surface area contributed by atoms with Gasteiger partial charge in [-0.1, -0.05) is 32.0 Å². The Morgan fingerprint density at radius 3 is 2.38 bits per heavy atom. The Bertz CT molecular complexity index is 755. The fourth-order valence-electron chi connectivity index (χ4n) is 3.19. The van der Waals surface area contributed by atoms with E-state index in [0.29, 0.717) is 0 Å². The maximum absolute atomic E-state index is 12.0. The summed E-state index contributed by atoms with van der Waals surface area (Å²) in [4.78, 5) is 29.3. The lowest BCUT2D eigenvalue weighted by Crippen LogP contribution is -2.64. The molecule has 0 saturated carbocycles. The van der Waals surface area contributed by atoms with Gasteiger partial charge in [0.05, 0.1) is 5.57 Å². The van der Waals surface area contributed by atoms with Crippen LogP contribution in [0.25, 0.3) is 0 Å². The molecule has 0 spiro atoms. The third-order valence-corrected chi connectivity index (χ3v) is 4.18. The first kappa shape index (κ1) is 19.4. The number of nitrogens with one attached hydrogen (secondary N) is 1. The fourth-order valence-corrected chi connectivity index (χ4v) is 3.19. The summed E-state index contributed by atoms with van der Waals surface area (Å²) < 4.78 is 0. The number of anilines is 1. The molecule has 0 aromatic heterocycles. The molecule has 138 valence electrons. The van der Waals surface area contributed by atoms with Gasteiger partial charge < -0.3 is 20.4 Å². The summed E-state index contributed by atoms with van der Waals surface area (Å²) in [6.45, 7) is 5.70. The number of carboxylic acid groups (broad SMARTS) is 2. The minimum Gasteiger partial charge on any atom is -0.478 e. The van der Waals surface area contributed by atoms with Crippen LogP contribution in [0.3, 0.4) is 0 Å². The number of nitrogens with zero attached hydrogens (tertiary/aromatic N) is 2. The Kier molecular flexibility index (Phi) is 5.94. The molecule has 7 nitrogen and oxygen atoms in total. The van der Waals surface area contributed by atoms with Crippen LogP contribution in [-0.4, -0.2) is 46.0 Å². The monoisotopic (exact) mass is 357 g/mol. The normalized spacial score (nSPS) is 21.1. The maximum atomic E-state index is 12.0. The van der Waals surface area contributed by atoms with E-state index in [9.17, 15) is 19.8 Å². The number of carbonyl (C=O) groups is 2. The highest BCUT2D eigenvalue weighted by Gasteiger charge is 2.48. The molecule has 3 N–H and O–H groups in total. The summed E-state index contributed by atoms with van der Waals surface area (Å²) in [5, 5.41) is 22.4. The molecular formula is C19H23N3O4. The molecule has 1 aromatic rings. The molecule has 2 atom stereocenters. The zero-order chi connectivity index (χ0) is 19.3. The molecule has 0 bridgehead atoms. The van der Waals surface area contributed by atoms with Crippen LogP contribution in [-0.2, 0) is 9.59 Å². The van der Waals surface area contributed by atoms with Crippen molar-refractivity contribution >= 4 is 23.8 Å². The first-order valence-corrected chi connectivity index (χ1v) is 8.29. The predicted octanol–water partition coefficient (Wildman–Crippen LogP) is 2.27. The summed E-state index contributed by atoms with van der Waals surface area (Å²) >= 11 is 0. The Morgan fingerprint density at radius 2 is 1.85 bits per heavy atom. The van der Waals surface area contributed by atoms with E-state index in [-0.39, 0.29) is 11.6 Å². The highest BCUT2D eigenvalue weighted by Crippen LogP contribution is 2.35. The highest BCUT2D eigenvalue weighted by atomic mass is 16.4. The molecule has 0 aliphatic carbocycles. The molecular weight excluding hydrogens is 334 g/mol. The molecule has 1 aromatic carbocycles. The lowest BCUT2D eigenvalue weighted by molar-refractivity contribution is -0.135. The molecule has 26 heavy (non-hydrogen) atoms. The first-order chi connectivity index (χ1) is 12.3. The van der Waals surface area contributed by atoms with Gasteiger partial charge in [-0.25, -0.2) is 9.59 Å². The number of para-hydroxylation sites is 1. The van der Waals surface area contributed by atoms with E-state index in [1.54, 1.807) is 17.3 Å². The zero-order valence-electron chi connectivity index (χ0n) is 15.0. The first-order valence-electron chi connectivity index (χ1n) is 8.29. The van der Waals surface area contributed by atoms with Crippen molar-refractivity contribution in [3.8, 4) is 0 Å². The summed E-state index contributed by atoms with van der Waals surface area (Å²) in [5.41, 5.74) is -0.864. The quantitative estimate of drug-likeness (QED) is 0.647. The molecule has 0 fully saturated rings. The van der Waals surface area contributed by atoms with Crippen LogP contribution in [0, 0.1) is 0 Å². The van der Waals surface area contributed by atoms with Gasteiger partial charge in [0, 0.05) is 42.5 Å². The highest BCUT2D eigenvalue weighted by molar-refractivity contribution is 6.04. The summed E-state index contributed by atoms with van der Waals surface area (Å²) in [6.07, 6.45) is 5.44. The molecule has 1 heterocycles. The van der Waals surface area contributed by atoms with Crippen molar-refractivity contribution in [2.75, 3.05) is 4.90 Å². The van der Waals surface area contributed by atoms with Gasteiger partial charge in [0.25, 0.3) is 0 Å². The van der Waals surface area contributed by atoms with Gasteiger partial charge in [-0.15, -0.1) is 0 Å².